The molecule has 1 N–H and O–H groups in total. The summed E-state index contributed by atoms with van der Waals surface area (Å²) in [5.41, 5.74) is 3.20. The average molecular weight is 763 g/mol. The standard InChI is InChI=1S/C47H39ClN2O6/c1-2-28-16-18-32(19-17-28)49-43(52)37-23-22-35-38(41(37)45(49)54)26-39-44(53)50(33-15-9-14-31(48)24-33)46(55)47(39,30-12-7-4-8-13-30)42(35)36-21-20-34(25-40(36)51)56-27-29-10-5-3-6-11-29/h3-22,24-25,37-39,41-42,51H,2,23,26-27H2,1H3. The van der Waals surface area contributed by atoms with Gasteiger partial charge in [0.1, 0.15) is 18.1 Å². The van der Waals surface area contributed by atoms with Gasteiger partial charge in [-0.25, -0.2) is 4.90 Å². The molecule has 0 spiro atoms. The third-order valence-electron chi connectivity index (χ3n) is 12.3. The number of imide groups is 2. The van der Waals surface area contributed by atoms with Gasteiger partial charge in [-0.15, -0.1) is 0 Å². The minimum absolute atomic E-state index is 0.105. The van der Waals surface area contributed by atoms with Gasteiger partial charge in [0.15, 0.2) is 0 Å². The molecule has 4 aliphatic rings. The number of carbonyl (C=O) groups is 4. The Morgan fingerprint density at radius 1 is 0.732 bits per heavy atom. The summed E-state index contributed by atoms with van der Waals surface area (Å²) >= 11 is 6.44. The highest BCUT2D eigenvalue weighted by molar-refractivity contribution is 6.32. The van der Waals surface area contributed by atoms with Gasteiger partial charge in [0, 0.05) is 22.6 Å². The molecule has 2 heterocycles. The number of nitrogens with zero attached hydrogens (tertiary/aromatic N) is 2. The zero-order chi connectivity index (χ0) is 38.7. The summed E-state index contributed by atoms with van der Waals surface area (Å²) in [6, 6.07) is 38.2. The van der Waals surface area contributed by atoms with Gasteiger partial charge in [-0.2, -0.15) is 0 Å². The topological polar surface area (TPSA) is 104 Å². The highest BCUT2D eigenvalue weighted by Crippen LogP contribution is 2.65. The van der Waals surface area contributed by atoms with E-state index in [4.69, 9.17) is 16.3 Å². The summed E-state index contributed by atoms with van der Waals surface area (Å²) in [6.07, 6.45) is 3.24. The van der Waals surface area contributed by atoms with E-state index in [1.54, 1.807) is 42.5 Å². The second kappa shape index (κ2) is 13.9. The van der Waals surface area contributed by atoms with E-state index in [1.807, 2.05) is 97.9 Å². The molecule has 280 valence electrons. The zero-order valence-corrected chi connectivity index (χ0v) is 31.4. The highest BCUT2D eigenvalue weighted by atomic mass is 35.5. The number of halogens is 1. The second-order valence-electron chi connectivity index (χ2n) is 15.1. The third kappa shape index (κ3) is 5.49. The van der Waals surface area contributed by atoms with E-state index in [-0.39, 0.29) is 37.0 Å². The maximum absolute atomic E-state index is 15.5. The lowest BCUT2D eigenvalue weighted by Crippen LogP contribution is -2.53. The van der Waals surface area contributed by atoms with Crippen molar-refractivity contribution >= 4 is 46.6 Å². The van der Waals surface area contributed by atoms with Crippen LogP contribution in [0.5, 0.6) is 11.5 Å². The highest BCUT2D eigenvalue weighted by Gasteiger charge is 2.70. The number of phenolic OH excluding ortho intramolecular Hbond substituents is 1. The number of rotatable bonds is 8. The number of aryl methyl sites for hydroxylation is 1. The van der Waals surface area contributed by atoms with Gasteiger partial charge in [0.05, 0.1) is 34.5 Å². The molecule has 1 saturated carbocycles. The lowest BCUT2D eigenvalue weighted by atomic mass is 9.49. The molecule has 2 saturated heterocycles. The number of hydrogen-bond donors (Lipinski definition) is 1. The smallest absolute Gasteiger partial charge is 0.246 e. The van der Waals surface area contributed by atoms with Crippen LogP contribution in [0.3, 0.4) is 0 Å². The van der Waals surface area contributed by atoms with Gasteiger partial charge < -0.3 is 9.84 Å². The molecule has 5 aromatic carbocycles. The van der Waals surface area contributed by atoms with Crippen LogP contribution in [0.15, 0.2) is 139 Å². The molecule has 56 heavy (non-hydrogen) atoms. The molecule has 6 atom stereocenters. The van der Waals surface area contributed by atoms with Crippen LogP contribution in [0.1, 0.15) is 47.9 Å². The Labute approximate surface area is 330 Å². The molecule has 9 heteroatoms. The van der Waals surface area contributed by atoms with Gasteiger partial charge in [0.25, 0.3) is 0 Å². The number of benzene rings is 5. The van der Waals surface area contributed by atoms with Crippen LogP contribution in [0.25, 0.3) is 0 Å². The van der Waals surface area contributed by atoms with Crippen molar-refractivity contribution in [3.05, 3.63) is 166 Å². The van der Waals surface area contributed by atoms with E-state index in [0.29, 0.717) is 33.3 Å². The average Bonchev–Trinajstić information content (AvgIpc) is 3.61. The lowest BCUT2D eigenvalue weighted by molar-refractivity contribution is -0.127. The van der Waals surface area contributed by atoms with Crippen molar-refractivity contribution in [2.75, 3.05) is 9.80 Å². The van der Waals surface area contributed by atoms with Crippen molar-refractivity contribution in [1.29, 1.82) is 0 Å². The van der Waals surface area contributed by atoms with Gasteiger partial charge in [-0.05, 0) is 78.3 Å². The fraction of sp³-hybridized carbons (Fsp3) is 0.234. The summed E-state index contributed by atoms with van der Waals surface area (Å²) in [7, 11) is 0. The zero-order valence-electron chi connectivity index (χ0n) is 30.7. The van der Waals surface area contributed by atoms with Crippen molar-refractivity contribution < 1.29 is 29.0 Å². The normalized spacial score (nSPS) is 25.5. The summed E-state index contributed by atoms with van der Waals surface area (Å²) in [5, 5.41) is 12.4. The van der Waals surface area contributed by atoms with E-state index in [2.05, 4.69) is 0 Å². The molecule has 0 radical (unpaired) electrons. The minimum atomic E-state index is -1.51. The molecule has 2 aliphatic heterocycles. The summed E-state index contributed by atoms with van der Waals surface area (Å²) < 4.78 is 6.09. The van der Waals surface area contributed by atoms with Crippen molar-refractivity contribution in [3.63, 3.8) is 0 Å². The quantitative estimate of drug-likeness (QED) is 0.126. The van der Waals surface area contributed by atoms with Gasteiger partial charge in [-0.1, -0.05) is 115 Å². The molecular formula is C47H39ClN2O6. The van der Waals surface area contributed by atoms with Gasteiger partial charge in [0.2, 0.25) is 23.6 Å². The molecule has 6 unspecified atom stereocenters. The maximum atomic E-state index is 15.5. The molecule has 2 aliphatic carbocycles. The maximum Gasteiger partial charge on any atom is 0.246 e. The number of ether oxygens (including phenoxy) is 1. The van der Waals surface area contributed by atoms with Crippen molar-refractivity contribution in [2.24, 2.45) is 23.7 Å². The third-order valence-corrected chi connectivity index (χ3v) is 12.6. The fourth-order valence-electron chi connectivity index (χ4n) is 9.82. The Bertz CT molecular complexity index is 2410. The number of hydrogen-bond acceptors (Lipinski definition) is 6. The van der Waals surface area contributed by atoms with E-state index in [1.165, 1.54) is 9.80 Å². The van der Waals surface area contributed by atoms with Crippen LogP contribution < -0.4 is 14.5 Å². The minimum Gasteiger partial charge on any atom is -0.508 e. The second-order valence-corrected chi connectivity index (χ2v) is 15.6. The molecule has 0 aromatic heterocycles. The van der Waals surface area contributed by atoms with E-state index in [9.17, 15) is 14.7 Å². The van der Waals surface area contributed by atoms with Crippen LogP contribution in [0, 0.1) is 23.7 Å². The Morgan fingerprint density at radius 3 is 2.16 bits per heavy atom. The molecule has 8 nitrogen and oxygen atoms in total. The molecule has 0 bridgehead atoms. The van der Waals surface area contributed by atoms with Crippen molar-refractivity contribution in [1.82, 2.24) is 0 Å². The number of carbonyl (C=O) groups excluding carboxylic acids is 4. The first kappa shape index (κ1) is 35.7. The van der Waals surface area contributed by atoms with Gasteiger partial charge >= 0.3 is 0 Å². The summed E-state index contributed by atoms with van der Waals surface area (Å²) in [5.74, 6) is -4.91. The Kier molecular flexibility index (Phi) is 8.89. The first-order chi connectivity index (χ1) is 27.2. The van der Waals surface area contributed by atoms with Crippen LogP contribution >= 0.6 is 11.6 Å². The first-order valence-electron chi connectivity index (χ1n) is 19.1. The number of aromatic hydroxyl groups is 1. The number of fused-ring (bicyclic) bond motifs is 4. The Hall–Kier alpha value is -5.99. The SMILES string of the molecule is CCc1ccc(N2C(=O)C3CC=C4C(CC5C(=O)N(c6cccc(Cl)c6)C(=O)C5(c5ccccc5)C4c4ccc(OCc5ccccc5)cc4O)C3C2=O)cc1. The first-order valence-corrected chi connectivity index (χ1v) is 19.5. The van der Waals surface area contributed by atoms with E-state index in [0.717, 1.165) is 23.1 Å². The van der Waals surface area contributed by atoms with Crippen LogP contribution in [-0.4, -0.2) is 28.7 Å². The number of amides is 4. The number of allylic oxidation sites excluding steroid dienone is 2. The largest absolute Gasteiger partial charge is 0.508 e. The summed E-state index contributed by atoms with van der Waals surface area (Å²) in [4.78, 5) is 61.9. The number of anilines is 2. The molecular weight excluding hydrogens is 724 g/mol. The predicted molar refractivity (Wildman–Crippen MR) is 213 cm³/mol. The van der Waals surface area contributed by atoms with Gasteiger partial charge in [-0.3, -0.25) is 24.1 Å². The molecule has 4 amide bonds. The van der Waals surface area contributed by atoms with Crippen LogP contribution in [0.2, 0.25) is 5.02 Å². The molecule has 9 rings (SSSR count). The van der Waals surface area contributed by atoms with Crippen molar-refractivity contribution in [3.8, 4) is 11.5 Å². The molecule has 3 fully saturated rings. The summed E-state index contributed by atoms with van der Waals surface area (Å²) in [6.45, 7) is 2.33. The fourth-order valence-corrected chi connectivity index (χ4v) is 10.0. The number of phenols is 1. The van der Waals surface area contributed by atoms with Crippen LogP contribution in [0.4, 0.5) is 11.4 Å². The van der Waals surface area contributed by atoms with Crippen molar-refractivity contribution in [2.45, 2.75) is 44.1 Å². The predicted octanol–water partition coefficient (Wildman–Crippen LogP) is 8.55. The van der Waals surface area contributed by atoms with Crippen LogP contribution in [-0.2, 0) is 37.6 Å². The van der Waals surface area contributed by atoms with E-state index < -0.39 is 46.8 Å². The Morgan fingerprint density at radius 2 is 1.46 bits per heavy atom. The monoisotopic (exact) mass is 762 g/mol. The molecule has 5 aromatic rings. The Balaban J connectivity index is 1.21. The van der Waals surface area contributed by atoms with E-state index >= 15 is 9.59 Å². The lowest BCUT2D eigenvalue weighted by Gasteiger charge is -2.50.